The molecule has 1 heteroatoms. The molecule has 5 rings (SSSR count). The summed E-state index contributed by atoms with van der Waals surface area (Å²) < 4.78 is 0. The standard InChI is InChI=1S/C25H19B/c26-20-12-8-11-19(17-20)25(18-9-2-1-3-10-18)23-15-6-4-13-21(23)22-14-5-7-16-24(22)25/h1-17H,26H2. The Bertz CT molecular complexity index is 1050. The number of rotatable bonds is 2. The van der Waals surface area contributed by atoms with Crippen LogP contribution in [0.4, 0.5) is 0 Å². The van der Waals surface area contributed by atoms with E-state index in [-0.39, 0.29) is 5.41 Å². The summed E-state index contributed by atoms with van der Waals surface area (Å²) in [7, 11) is 2.18. The van der Waals surface area contributed by atoms with E-state index >= 15 is 0 Å². The van der Waals surface area contributed by atoms with Gasteiger partial charge < -0.3 is 0 Å². The molecule has 122 valence electrons. The highest BCUT2D eigenvalue weighted by Gasteiger charge is 2.45. The fourth-order valence-electron chi connectivity index (χ4n) is 4.59. The minimum atomic E-state index is -0.263. The highest BCUT2D eigenvalue weighted by atomic mass is 14.5. The monoisotopic (exact) mass is 330 g/mol. The molecule has 0 amide bonds. The SMILES string of the molecule is Bc1cccc(C2(c3ccccc3)c3ccccc3-c3ccccc32)c1. The number of benzene rings is 4. The van der Waals surface area contributed by atoms with Crippen LogP contribution in [0.2, 0.25) is 0 Å². The van der Waals surface area contributed by atoms with Crippen LogP contribution in [0.15, 0.2) is 103 Å². The molecule has 1 aliphatic carbocycles. The maximum Gasteiger partial charge on any atom is 0.139 e. The molecule has 4 aromatic rings. The van der Waals surface area contributed by atoms with Gasteiger partial charge in [-0.2, -0.15) is 0 Å². The van der Waals surface area contributed by atoms with Crippen molar-refractivity contribution in [1.82, 2.24) is 0 Å². The predicted molar refractivity (Wildman–Crippen MR) is 112 cm³/mol. The molecular formula is C25H19B. The lowest BCUT2D eigenvalue weighted by atomic mass is 9.67. The molecule has 26 heavy (non-hydrogen) atoms. The van der Waals surface area contributed by atoms with E-state index in [0.717, 1.165) is 0 Å². The van der Waals surface area contributed by atoms with Crippen molar-refractivity contribution in [1.29, 1.82) is 0 Å². The van der Waals surface area contributed by atoms with E-state index < -0.39 is 0 Å². The maximum absolute atomic E-state index is 2.34. The summed E-state index contributed by atoms with van der Waals surface area (Å²) in [4.78, 5) is 0. The lowest BCUT2D eigenvalue weighted by Crippen LogP contribution is -2.29. The minimum Gasteiger partial charge on any atom is -0.0886 e. The fraction of sp³-hybridized carbons (Fsp3) is 0.0400. The van der Waals surface area contributed by atoms with Gasteiger partial charge in [0.25, 0.3) is 0 Å². The van der Waals surface area contributed by atoms with Gasteiger partial charge in [0.15, 0.2) is 0 Å². The smallest absolute Gasteiger partial charge is 0.0886 e. The highest BCUT2D eigenvalue weighted by molar-refractivity contribution is 6.32. The zero-order valence-corrected chi connectivity index (χ0v) is 14.8. The first-order valence-corrected chi connectivity index (χ1v) is 9.14. The Kier molecular flexibility index (Phi) is 3.36. The first kappa shape index (κ1) is 15.2. The van der Waals surface area contributed by atoms with Gasteiger partial charge in [0.2, 0.25) is 0 Å². The molecule has 0 nitrogen and oxygen atoms in total. The molecule has 0 spiro atoms. The molecule has 0 saturated heterocycles. The van der Waals surface area contributed by atoms with Crippen LogP contribution in [0.5, 0.6) is 0 Å². The summed E-state index contributed by atoms with van der Waals surface area (Å²) in [5.41, 5.74) is 9.11. The van der Waals surface area contributed by atoms with Crippen LogP contribution in [0.25, 0.3) is 11.1 Å². The second-order valence-corrected chi connectivity index (χ2v) is 7.08. The molecule has 4 aromatic carbocycles. The Morgan fingerprint density at radius 1 is 0.500 bits per heavy atom. The van der Waals surface area contributed by atoms with Gasteiger partial charge in [-0.3, -0.25) is 0 Å². The highest BCUT2D eigenvalue weighted by Crippen LogP contribution is 2.55. The Morgan fingerprint density at radius 2 is 1.04 bits per heavy atom. The third-order valence-electron chi connectivity index (χ3n) is 5.61. The number of hydrogen-bond donors (Lipinski definition) is 0. The summed E-state index contributed by atoms with van der Waals surface area (Å²) in [6.07, 6.45) is 0. The summed E-state index contributed by atoms with van der Waals surface area (Å²) in [5, 5.41) is 0. The largest absolute Gasteiger partial charge is 0.139 e. The van der Waals surface area contributed by atoms with Gasteiger partial charge in [0, 0.05) is 0 Å². The Balaban J connectivity index is 1.98. The van der Waals surface area contributed by atoms with Crippen LogP contribution in [-0.4, -0.2) is 7.85 Å². The normalized spacial score (nSPS) is 13.8. The van der Waals surface area contributed by atoms with Crippen LogP contribution in [0.1, 0.15) is 22.3 Å². The zero-order chi connectivity index (χ0) is 17.6. The van der Waals surface area contributed by atoms with Gasteiger partial charge in [0.1, 0.15) is 7.85 Å². The van der Waals surface area contributed by atoms with Crippen LogP contribution in [-0.2, 0) is 5.41 Å². The average molecular weight is 330 g/mol. The van der Waals surface area contributed by atoms with Crippen molar-refractivity contribution in [2.24, 2.45) is 0 Å². The van der Waals surface area contributed by atoms with E-state index in [4.69, 9.17) is 0 Å². The van der Waals surface area contributed by atoms with E-state index in [2.05, 4.69) is 111 Å². The molecule has 0 aliphatic heterocycles. The van der Waals surface area contributed by atoms with Gasteiger partial charge in [-0.05, 0) is 33.4 Å². The zero-order valence-electron chi connectivity index (χ0n) is 14.8. The van der Waals surface area contributed by atoms with Gasteiger partial charge in [-0.25, -0.2) is 0 Å². The number of hydrogen-bond acceptors (Lipinski definition) is 0. The molecule has 0 aromatic heterocycles. The average Bonchev–Trinajstić information content (AvgIpc) is 3.00. The molecule has 0 unspecified atom stereocenters. The third kappa shape index (κ3) is 1.98. The quantitative estimate of drug-likeness (QED) is 0.423. The molecule has 0 atom stereocenters. The van der Waals surface area contributed by atoms with Crippen molar-refractivity contribution in [3.05, 3.63) is 125 Å². The lowest BCUT2D eigenvalue weighted by Gasteiger charge is -2.34. The van der Waals surface area contributed by atoms with Crippen molar-refractivity contribution in [2.75, 3.05) is 0 Å². The summed E-state index contributed by atoms with van der Waals surface area (Å²) in [6.45, 7) is 0. The van der Waals surface area contributed by atoms with Gasteiger partial charge in [-0.1, -0.05) is 109 Å². The number of fused-ring (bicyclic) bond motifs is 3. The molecule has 0 heterocycles. The molecular weight excluding hydrogens is 311 g/mol. The Labute approximate surface area is 155 Å². The van der Waals surface area contributed by atoms with Crippen LogP contribution >= 0.6 is 0 Å². The maximum atomic E-state index is 2.34. The minimum absolute atomic E-state index is 0.263. The third-order valence-corrected chi connectivity index (χ3v) is 5.61. The van der Waals surface area contributed by atoms with Crippen molar-refractivity contribution < 1.29 is 0 Å². The summed E-state index contributed by atoms with van der Waals surface area (Å²) >= 11 is 0. The predicted octanol–water partition coefficient (Wildman–Crippen LogP) is 4.31. The summed E-state index contributed by atoms with van der Waals surface area (Å²) in [5.74, 6) is 0. The topological polar surface area (TPSA) is 0 Å². The van der Waals surface area contributed by atoms with Crippen molar-refractivity contribution in [3.8, 4) is 11.1 Å². The Morgan fingerprint density at radius 3 is 1.65 bits per heavy atom. The molecule has 0 bridgehead atoms. The molecule has 0 radical (unpaired) electrons. The van der Waals surface area contributed by atoms with E-state index in [1.807, 2.05) is 0 Å². The fourth-order valence-corrected chi connectivity index (χ4v) is 4.59. The first-order valence-electron chi connectivity index (χ1n) is 9.14. The van der Waals surface area contributed by atoms with E-state index in [1.165, 1.54) is 38.8 Å². The Hall–Kier alpha value is -3.06. The van der Waals surface area contributed by atoms with E-state index in [1.54, 1.807) is 0 Å². The van der Waals surface area contributed by atoms with Crippen LogP contribution in [0.3, 0.4) is 0 Å². The van der Waals surface area contributed by atoms with Crippen LogP contribution in [0, 0.1) is 0 Å². The molecule has 0 N–H and O–H groups in total. The lowest BCUT2D eigenvalue weighted by molar-refractivity contribution is 0.769. The molecule has 0 fully saturated rings. The summed E-state index contributed by atoms with van der Waals surface area (Å²) in [6, 6.07) is 37.6. The molecule has 1 aliphatic rings. The van der Waals surface area contributed by atoms with Crippen molar-refractivity contribution in [3.63, 3.8) is 0 Å². The molecule has 0 saturated carbocycles. The second-order valence-electron chi connectivity index (χ2n) is 7.08. The van der Waals surface area contributed by atoms with Crippen molar-refractivity contribution in [2.45, 2.75) is 5.41 Å². The first-order chi connectivity index (χ1) is 12.8. The van der Waals surface area contributed by atoms with Gasteiger partial charge in [0.05, 0.1) is 5.41 Å². The van der Waals surface area contributed by atoms with Crippen molar-refractivity contribution >= 4 is 13.3 Å². The van der Waals surface area contributed by atoms with Crippen LogP contribution < -0.4 is 5.46 Å². The van der Waals surface area contributed by atoms with E-state index in [0.29, 0.717) is 0 Å². The van der Waals surface area contributed by atoms with Gasteiger partial charge >= 0.3 is 0 Å². The van der Waals surface area contributed by atoms with E-state index in [9.17, 15) is 0 Å². The second kappa shape index (κ2) is 5.74. The van der Waals surface area contributed by atoms with Gasteiger partial charge in [-0.15, -0.1) is 0 Å².